The normalized spacial score (nSPS) is 16.7. The van der Waals surface area contributed by atoms with Crippen LogP contribution < -0.4 is 5.32 Å². The highest BCUT2D eigenvalue weighted by Gasteiger charge is 2.18. The van der Waals surface area contributed by atoms with Crippen LogP contribution in [0.4, 0.5) is 0 Å². The van der Waals surface area contributed by atoms with Gasteiger partial charge in [0.15, 0.2) is 0 Å². The van der Waals surface area contributed by atoms with Crippen molar-refractivity contribution in [3.05, 3.63) is 21.4 Å². The maximum atomic E-state index is 12.1. The predicted molar refractivity (Wildman–Crippen MR) is 72.7 cm³/mol. The number of hydrogen-bond donors (Lipinski definition) is 1. The lowest BCUT2D eigenvalue weighted by Crippen LogP contribution is -2.35. The summed E-state index contributed by atoms with van der Waals surface area (Å²) in [5.74, 6) is 0.583. The summed E-state index contributed by atoms with van der Waals surface area (Å²) < 4.78 is 0. The van der Waals surface area contributed by atoms with E-state index in [1.54, 1.807) is 11.3 Å². The summed E-state index contributed by atoms with van der Waals surface area (Å²) in [6, 6.07) is 2.34. The van der Waals surface area contributed by atoms with Gasteiger partial charge in [-0.05, 0) is 50.2 Å². The van der Waals surface area contributed by atoms with Crippen LogP contribution in [0.5, 0.6) is 0 Å². The molecule has 0 saturated carbocycles. The van der Waals surface area contributed by atoms with Gasteiger partial charge in [-0.2, -0.15) is 0 Å². The number of fused-ring (bicyclic) bond motifs is 1. The number of hydrogen-bond acceptors (Lipinski definition) is 2. The summed E-state index contributed by atoms with van der Waals surface area (Å²) in [6.45, 7) is 6.32. The van der Waals surface area contributed by atoms with Gasteiger partial charge in [-0.3, -0.25) is 4.79 Å². The van der Waals surface area contributed by atoms with Crippen LogP contribution in [-0.2, 0) is 12.8 Å². The van der Waals surface area contributed by atoms with Crippen LogP contribution in [0.2, 0.25) is 0 Å². The first kappa shape index (κ1) is 12.6. The van der Waals surface area contributed by atoms with E-state index in [0.717, 1.165) is 17.7 Å². The first-order valence-corrected chi connectivity index (χ1v) is 7.32. The van der Waals surface area contributed by atoms with Crippen molar-refractivity contribution in [1.82, 2.24) is 5.32 Å². The van der Waals surface area contributed by atoms with Crippen LogP contribution in [0.15, 0.2) is 6.07 Å². The molecule has 2 nitrogen and oxygen atoms in total. The van der Waals surface area contributed by atoms with Gasteiger partial charge < -0.3 is 5.32 Å². The smallest absolute Gasteiger partial charge is 0.261 e. The van der Waals surface area contributed by atoms with Gasteiger partial charge >= 0.3 is 0 Å². The summed E-state index contributed by atoms with van der Waals surface area (Å²) in [7, 11) is 0. The molecule has 0 fully saturated rings. The number of carbonyl (C=O) groups is 1. The van der Waals surface area contributed by atoms with E-state index in [-0.39, 0.29) is 11.9 Å². The minimum Gasteiger partial charge on any atom is -0.349 e. The molecule has 1 amide bonds. The zero-order valence-electron chi connectivity index (χ0n) is 10.9. The topological polar surface area (TPSA) is 29.1 Å². The van der Waals surface area contributed by atoms with E-state index in [2.05, 4.69) is 32.2 Å². The fourth-order valence-corrected chi connectivity index (χ4v) is 3.20. The van der Waals surface area contributed by atoms with Gasteiger partial charge in [0, 0.05) is 10.9 Å². The maximum Gasteiger partial charge on any atom is 0.261 e. The average molecular weight is 251 g/mol. The quantitative estimate of drug-likeness (QED) is 0.876. The molecule has 1 unspecified atom stereocenters. The number of rotatable bonds is 3. The van der Waals surface area contributed by atoms with E-state index in [1.807, 2.05) is 0 Å². The fourth-order valence-electron chi connectivity index (χ4n) is 2.05. The van der Waals surface area contributed by atoms with Crippen LogP contribution in [0.3, 0.4) is 0 Å². The Hall–Kier alpha value is -0.830. The van der Waals surface area contributed by atoms with Crippen molar-refractivity contribution in [2.75, 3.05) is 0 Å². The van der Waals surface area contributed by atoms with E-state index in [9.17, 15) is 4.79 Å². The molecular weight excluding hydrogens is 230 g/mol. The Morgan fingerprint density at radius 2 is 2.00 bits per heavy atom. The van der Waals surface area contributed by atoms with Gasteiger partial charge in [-0.25, -0.2) is 0 Å². The lowest BCUT2D eigenvalue weighted by atomic mass is 9.99. The third-order valence-corrected chi connectivity index (χ3v) is 4.82. The molecule has 17 heavy (non-hydrogen) atoms. The summed E-state index contributed by atoms with van der Waals surface area (Å²) in [6.07, 6.45) is 4.86. The molecule has 1 aromatic heterocycles. The molecule has 1 aromatic rings. The molecule has 1 N–H and O–H groups in total. The molecular formula is C14H21NOS. The highest BCUT2D eigenvalue weighted by Crippen LogP contribution is 2.29. The summed E-state index contributed by atoms with van der Waals surface area (Å²) in [4.78, 5) is 14.4. The van der Waals surface area contributed by atoms with Crippen molar-refractivity contribution in [3.63, 3.8) is 0 Å². The SMILES string of the molecule is CC(C)C(C)NC(=O)c1cc2c(s1)CCCC2. The average Bonchev–Trinajstić information content (AvgIpc) is 2.72. The number of carbonyl (C=O) groups excluding carboxylic acids is 1. The Labute approximate surface area is 107 Å². The van der Waals surface area contributed by atoms with Crippen molar-refractivity contribution in [2.45, 2.75) is 52.5 Å². The minimum atomic E-state index is 0.102. The van der Waals surface area contributed by atoms with Crippen molar-refractivity contribution >= 4 is 17.2 Å². The van der Waals surface area contributed by atoms with E-state index >= 15 is 0 Å². The predicted octanol–water partition coefficient (Wildman–Crippen LogP) is 3.40. The minimum absolute atomic E-state index is 0.102. The molecule has 0 radical (unpaired) electrons. The van der Waals surface area contributed by atoms with Gasteiger partial charge in [0.25, 0.3) is 5.91 Å². The van der Waals surface area contributed by atoms with Gasteiger partial charge in [0.2, 0.25) is 0 Å². The molecule has 1 heterocycles. The second-order valence-electron chi connectivity index (χ2n) is 5.27. The lowest BCUT2D eigenvalue weighted by molar-refractivity contribution is 0.0934. The van der Waals surface area contributed by atoms with Gasteiger partial charge in [0.1, 0.15) is 0 Å². The highest BCUT2D eigenvalue weighted by atomic mass is 32.1. The lowest BCUT2D eigenvalue weighted by Gasteiger charge is -2.16. The summed E-state index contributed by atoms with van der Waals surface area (Å²) in [5, 5.41) is 3.08. The zero-order chi connectivity index (χ0) is 12.4. The number of amides is 1. The fraction of sp³-hybridized carbons (Fsp3) is 0.643. The number of thiophene rings is 1. The molecule has 3 heteroatoms. The van der Waals surface area contributed by atoms with E-state index in [0.29, 0.717) is 5.92 Å². The summed E-state index contributed by atoms with van der Waals surface area (Å²) >= 11 is 1.69. The van der Waals surface area contributed by atoms with Gasteiger partial charge in [-0.15, -0.1) is 11.3 Å². The molecule has 0 spiro atoms. The molecule has 1 atom stereocenters. The molecule has 2 rings (SSSR count). The van der Waals surface area contributed by atoms with Gasteiger partial charge in [-0.1, -0.05) is 13.8 Å². The Morgan fingerprint density at radius 1 is 1.29 bits per heavy atom. The van der Waals surface area contributed by atoms with E-state index in [1.165, 1.54) is 23.3 Å². The Balaban J connectivity index is 2.07. The zero-order valence-corrected chi connectivity index (χ0v) is 11.7. The molecule has 0 aliphatic heterocycles. The first-order valence-electron chi connectivity index (χ1n) is 6.50. The van der Waals surface area contributed by atoms with E-state index < -0.39 is 0 Å². The van der Waals surface area contributed by atoms with Crippen molar-refractivity contribution in [2.24, 2.45) is 5.92 Å². The van der Waals surface area contributed by atoms with Crippen LogP contribution in [0.25, 0.3) is 0 Å². The Morgan fingerprint density at radius 3 is 2.65 bits per heavy atom. The highest BCUT2D eigenvalue weighted by molar-refractivity contribution is 7.14. The van der Waals surface area contributed by atoms with Crippen LogP contribution in [0, 0.1) is 5.92 Å². The van der Waals surface area contributed by atoms with Gasteiger partial charge in [0.05, 0.1) is 4.88 Å². The monoisotopic (exact) mass is 251 g/mol. The number of nitrogens with one attached hydrogen (secondary N) is 1. The largest absolute Gasteiger partial charge is 0.349 e. The molecule has 0 saturated heterocycles. The second kappa shape index (κ2) is 5.21. The first-order chi connectivity index (χ1) is 8.08. The standard InChI is InChI=1S/C14H21NOS/c1-9(2)10(3)15-14(16)13-8-11-6-4-5-7-12(11)17-13/h8-10H,4-7H2,1-3H3,(H,15,16). The Bertz CT molecular complexity index is 385. The second-order valence-corrected chi connectivity index (χ2v) is 6.41. The van der Waals surface area contributed by atoms with E-state index in [4.69, 9.17) is 0 Å². The van der Waals surface area contributed by atoms with Crippen molar-refractivity contribution < 1.29 is 4.79 Å². The molecule has 0 aromatic carbocycles. The molecule has 0 bridgehead atoms. The summed E-state index contributed by atoms with van der Waals surface area (Å²) in [5.41, 5.74) is 1.41. The van der Waals surface area contributed by atoms with Crippen LogP contribution in [-0.4, -0.2) is 11.9 Å². The Kier molecular flexibility index (Phi) is 3.87. The molecule has 1 aliphatic carbocycles. The number of aryl methyl sites for hydroxylation is 2. The van der Waals surface area contributed by atoms with Crippen LogP contribution in [0.1, 0.15) is 53.7 Å². The molecule has 94 valence electrons. The third-order valence-electron chi connectivity index (χ3n) is 3.58. The van der Waals surface area contributed by atoms with Crippen molar-refractivity contribution in [1.29, 1.82) is 0 Å². The van der Waals surface area contributed by atoms with Crippen LogP contribution >= 0.6 is 11.3 Å². The molecule has 1 aliphatic rings. The third kappa shape index (κ3) is 2.89. The maximum absolute atomic E-state index is 12.1. The van der Waals surface area contributed by atoms with Crippen molar-refractivity contribution in [3.8, 4) is 0 Å².